The van der Waals surface area contributed by atoms with Crippen molar-refractivity contribution >= 4 is 52.4 Å². The number of rotatable bonds is 6. The van der Waals surface area contributed by atoms with E-state index in [-0.39, 0.29) is 5.78 Å². The number of Topliss-reactive ketones (excluding diaryl/α,β-unsaturated/α-hetero) is 1. The highest BCUT2D eigenvalue weighted by molar-refractivity contribution is 8.01. The van der Waals surface area contributed by atoms with Crippen molar-refractivity contribution < 1.29 is 4.79 Å². The van der Waals surface area contributed by atoms with Gasteiger partial charge in [-0.15, -0.1) is 16.4 Å². The standard InChI is InChI=1S/C19H16N4OS4/c1-12-10-15(13(2)22(12)17-20-8-9-26-17)16(24)11-27-18-21-23(19(25)28-18)14-6-4-3-5-7-14/h3-10H,11H2,1-2H3. The van der Waals surface area contributed by atoms with Gasteiger partial charge < -0.3 is 0 Å². The summed E-state index contributed by atoms with van der Waals surface area (Å²) in [6, 6.07) is 11.7. The molecule has 0 atom stereocenters. The predicted molar refractivity (Wildman–Crippen MR) is 118 cm³/mol. The molecule has 0 aliphatic heterocycles. The van der Waals surface area contributed by atoms with Gasteiger partial charge in [-0.3, -0.25) is 9.36 Å². The molecule has 142 valence electrons. The van der Waals surface area contributed by atoms with Crippen LogP contribution in [0.4, 0.5) is 0 Å². The lowest BCUT2D eigenvalue weighted by Crippen LogP contribution is -2.05. The summed E-state index contributed by atoms with van der Waals surface area (Å²) < 4.78 is 5.22. The summed E-state index contributed by atoms with van der Waals surface area (Å²) in [5, 5.41) is 7.37. The number of carbonyl (C=O) groups is 1. The Bertz CT molecular complexity index is 1170. The number of carbonyl (C=O) groups excluding carboxylic acids is 1. The molecule has 5 nitrogen and oxygen atoms in total. The van der Waals surface area contributed by atoms with Crippen LogP contribution in [-0.2, 0) is 0 Å². The lowest BCUT2D eigenvalue weighted by Gasteiger charge is -2.05. The number of ketones is 1. The summed E-state index contributed by atoms with van der Waals surface area (Å²) in [5.41, 5.74) is 3.57. The summed E-state index contributed by atoms with van der Waals surface area (Å²) in [4.78, 5) is 17.2. The smallest absolute Gasteiger partial charge is 0.193 e. The van der Waals surface area contributed by atoms with Crippen molar-refractivity contribution in [2.24, 2.45) is 0 Å². The second-order valence-electron chi connectivity index (χ2n) is 6.03. The maximum atomic E-state index is 12.8. The Labute approximate surface area is 179 Å². The number of nitrogens with zero attached hydrogens (tertiary/aromatic N) is 4. The molecule has 3 aromatic heterocycles. The Balaban J connectivity index is 1.52. The molecule has 0 radical (unpaired) electrons. The van der Waals surface area contributed by atoms with Crippen LogP contribution in [0.2, 0.25) is 0 Å². The fraction of sp³-hybridized carbons (Fsp3) is 0.158. The van der Waals surface area contributed by atoms with Crippen LogP contribution >= 0.6 is 46.7 Å². The summed E-state index contributed by atoms with van der Waals surface area (Å²) in [6.07, 6.45) is 1.77. The van der Waals surface area contributed by atoms with E-state index in [0.29, 0.717) is 9.71 Å². The van der Waals surface area contributed by atoms with Gasteiger partial charge in [0, 0.05) is 28.5 Å². The molecule has 0 spiro atoms. The van der Waals surface area contributed by atoms with Gasteiger partial charge in [0.1, 0.15) is 0 Å². The van der Waals surface area contributed by atoms with Crippen LogP contribution in [0.15, 0.2) is 52.3 Å². The number of thioether (sulfide) groups is 1. The van der Waals surface area contributed by atoms with E-state index in [1.54, 1.807) is 22.2 Å². The predicted octanol–water partition coefficient (Wildman–Crippen LogP) is 5.50. The molecule has 0 unspecified atom stereocenters. The average Bonchev–Trinajstić information content (AvgIpc) is 3.40. The van der Waals surface area contributed by atoms with Gasteiger partial charge in [-0.2, -0.15) is 0 Å². The molecule has 0 saturated heterocycles. The van der Waals surface area contributed by atoms with Crippen LogP contribution < -0.4 is 0 Å². The molecule has 28 heavy (non-hydrogen) atoms. The molecule has 0 aliphatic rings. The van der Waals surface area contributed by atoms with Gasteiger partial charge in [-0.05, 0) is 44.3 Å². The minimum atomic E-state index is 0.0771. The third-order valence-corrected chi connectivity index (χ3v) is 7.32. The third kappa shape index (κ3) is 3.75. The zero-order valence-electron chi connectivity index (χ0n) is 15.2. The highest BCUT2D eigenvalue weighted by Crippen LogP contribution is 2.27. The Morgan fingerprint density at radius 3 is 2.75 bits per heavy atom. The highest BCUT2D eigenvalue weighted by atomic mass is 32.2. The quantitative estimate of drug-likeness (QED) is 0.223. The van der Waals surface area contributed by atoms with Crippen molar-refractivity contribution in [3.05, 3.63) is 68.9 Å². The number of aryl methyl sites for hydroxylation is 1. The molecule has 0 bridgehead atoms. The maximum Gasteiger partial charge on any atom is 0.193 e. The van der Waals surface area contributed by atoms with Crippen LogP contribution in [0.1, 0.15) is 21.7 Å². The molecule has 4 aromatic rings. The molecule has 4 rings (SSSR count). The molecule has 0 N–H and O–H groups in total. The molecule has 1 aromatic carbocycles. The number of hydrogen-bond donors (Lipinski definition) is 0. The SMILES string of the molecule is Cc1cc(C(=O)CSc2nn(-c3ccccc3)c(=S)s2)c(C)n1-c1nccs1. The summed E-state index contributed by atoms with van der Waals surface area (Å²) in [5.74, 6) is 0.396. The van der Waals surface area contributed by atoms with Gasteiger partial charge in [0.25, 0.3) is 0 Å². The first-order valence-electron chi connectivity index (χ1n) is 8.45. The monoisotopic (exact) mass is 444 g/mol. The fourth-order valence-corrected chi connectivity index (χ4v) is 5.92. The highest BCUT2D eigenvalue weighted by Gasteiger charge is 2.18. The van der Waals surface area contributed by atoms with Gasteiger partial charge in [-0.1, -0.05) is 41.3 Å². The van der Waals surface area contributed by atoms with Crippen molar-refractivity contribution in [2.75, 3.05) is 5.75 Å². The van der Waals surface area contributed by atoms with Crippen LogP contribution in [0, 0.1) is 17.8 Å². The Hall–Kier alpha value is -2.07. The van der Waals surface area contributed by atoms with E-state index in [1.807, 2.05) is 60.2 Å². The fourth-order valence-electron chi connectivity index (χ4n) is 2.92. The van der Waals surface area contributed by atoms with Gasteiger partial charge in [-0.25, -0.2) is 9.67 Å². The lowest BCUT2D eigenvalue weighted by molar-refractivity contribution is 0.102. The second-order valence-corrected chi connectivity index (χ2v) is 9.75. The molecule has 0 amide bonds. The molecule has 0 aliphatic carbocycles. The summed E-state index contributed by atoms with van der Waals surface area (Å²) in [6.45, 7) is 3.95. The van der Waals surface area contributed by atoms with Crippen LogP contribution in [-0.4, -0.2) is 30.9 Å². The molecular formula is C19H16N4OS4. The van der Waals surface area contributed by atoms with Gasteiger partial charge >= 0.3 is 0 Å². The average molecular weight is 445 g/mol. The molecule has 0 saturated carbocycles. The van der Waals surface area contributed by atoms with Gasteiger partial charge in [0.05, 0.1) is 11.4 Å². The maximum absolute atomic E-state index is 12.8. The van der Waals surface area contributed by atoms with E-state index in [2.05, 4.69) is 10.1 Å². The number of hydrogen-bond acceptors (Lipinski definition) is 7. The molecule has 0 fully saturated rings. The van der Waals surface area contributed by atoms with E-state index in [1.165, 1.54) is 23.1 Å². The van der Waals surface area contributed by atoms with Gasteiger partial charge in [0.15, 0.2) is 19.2 Å². The molecular weight excluding hydrogens is 429 g/mol. The number of aromatic nitrogens is 4. The summed E-state index contributed by atoms with van der Waals surface area (Å²) in [7, 11) is 0. The topological polar surface area (TPSA) is 52.7 Å². The zero-order chi connectivity index (χ0) is 19.7. The largest absolute Gasteiger partial charge is 0.294 e. The van der Waals surface area contributed by atoms with E-state index >= 15 is 0 Å². The Kier molecular flexibility index (Phi) is 5.58. The van der Waals surface area contributed by atoms with Crippen LogP contribution in [0.3, 0.4) is 0 Å². The number of benzene rings is 1. The van der Waals surface area contributed by atoms with Gasteiger partial charge in [0.2, 0.25) is 0 Å². The van der Waals surface area contributed by atoms with Crippen molar-refractivity contribution in [2.45, 2.75) is 18.2 Å². The van der Waals surface area contributed by atoms with Crippen LogP contribution in [0.5, 0.6) is 0 Å². The van der Waals surface area contributed by atoms with E-state index in [0.717, 1.165) is 32.1 Å². The Morgan fingerprint density at radius 2 is 2.04 bits per heavy atom. The Morgan fingerprint density at radius 1 is 1.25 bits per heavy atom. The first-order chi connectivity index (χ1) is 13.5. The van der Waals surface area contributed by atoms with Crippen molar-refractivity contribution in [1.82, 2.24) is 19.3 Å². The van der Waals surface area contributed by atoms with E-state index < -0.39 is 0 Å². The number of thiazole rings is 1. The second kappa shape index (κ2) is 8.12. The molecule has 3 heterocycles. The minimum absolute atomic E-state index is 0.0771. The number of para-hydroxylation sites is 1. The summed E-state index contributed by atoms with van der Waals surface area (Å²) >= 11 is 9.82. The zero-order valence-corrected chi connectivity index (χ0v) is 18.4. The first kappa shape index (κ1) is 19.3. The minimum Gasteiger partial charge on any atom is -0.294 e. The lowest BCUT2D eigenvalue weighted by atomic mass is 10.2. The third-order valence-electron chi connectivity index (χ3n) is 4.20. The van der Waals surface area contributed by atoms with E-state index in [4.69, 9.17) is 12.2 Å². The van der Waals surface area contributed by atoms with Crippen molar-refractivity contribution in [3.63, 3.8) is 0 Å². The molecule has 9 heteroatoms. The van der Waals surface area contributed by atoms with Crippen molar-refractivity contribution in [1.29, 1.82) is 0 Å². The normalized spacial score (nSPS) is 11.1. The van der Waals surface area contributed by atoms with E-state index in [9.17, 15) is 4.79 Å². The first-order valence-corrected chi connectivity index (χ1v) is 11.5. The van der Waals surface area contributed by atoms with Crippen LogP contribution in [0.25, 0.3) is 10.8 Å². The van der Waals surface area contributed by atoms with Crippen molar-refractivity contribution in [3.8, 4) is 10.8 Å².